The number of halogens is 1. The van der Waals surface area contributed by atoms with E-state index in [-0.39, 0.29) is 0 Å². The second kappa shape index (κ2) is 2.64. The molecule has 3 rings (SSSR count). The molecule has 0 amide bonds. The molecule has 2 heteroatoms. The van der Waals surface area contributed by atoms with E-state index in [0.29, 0.717) is 0 Å². The van der Waals surface area contributed by atoms with Gasteiger partial charge in [-0.25, -0.2) is 4.98 Å². The minimum absolute atomic E-state index is 0.402. The Morgan fingerprint density at radius 2 is 1.86 bits per heavy atom. The minimum atomic E-state index is -0.402. The molecule has 2 aromatic rings. The molecule has 0 bridgehead atoms. The fraction of sp³-hybridized carbons (Fsp3) is 0.0833. The van der Waals surface area contributed by atoms with Crippen LogP contribution in [0.2, 0.25) is 0 Å². The van der Waals surface area contributed by atoms with Gasteiger partial charge in [0.25, 0.3) is 0 Å². The Morgan fingerprint density at radius 1 is 1.00 bits per heavy atom. The van der Waals surface area contributed by atoms with Crippen molar-refractivity contribution >= 4 is 0 Å². The molecule has 0 N–H and O–H groups in total. The maximum atomic E-state index is 12.9. The standard InChI is InChI=1S/C12H8FN/c13-11-6-5-9-7-8-3-1-2-4-10(8)12(9)14-11/h1-6H,7H2. The van der Waals surface area contributed by atoms with E-state index in [1.807, 2.05) is 24.3 Å². The lowest BCUT2D eigenvalue weighted by atomic mass is 10.1. The Kier molecular flexibility index (Phi) is 1.45. The van der Waals surface area contributed by atoms with Gasteiger partial charge in [-0.15, -0.1) is 0 Å². The number of benzene rings is 1. The van der Waals surface area contributed by atoms with E-state index in [2.05, 4.69) is 11.1 Å². The van der Waals surface area contributed by atoms with Crippen molar-refractivity contribution in [1.82, 2.24) is 4.98 Å². The smallest absolute Gasteiger partial charge is 0.213 e. The van der Waals surface area contributed by atoms with Crippen molar-refractivity contribution in [3.05, 3.63) is 53.5 Å². The van der Waals surface area contributed by atoms with Crippen molar-refractivity contribution in [1.29, 1.82) is 0 Å². The van der Waals surface area contributed by atoms with E-state index >= 15 is 0 Å². The summed E-state index contributed by atoms with van der Waals surface area (Å²) in [6.45, 7) is 0. The monoisotopic (exact) mass is 185 g/mol. The second-order valence-corrected chi connectivity index (χ2v) is 3.48. The number of nitrogens with zero attached hydrogens (tertiary/aromatic N) is 1. The van der Waals surface area contributed by atoms with Crippen LogP contribution >= 0.6 is 0 Å². The molecule has 1 nitrogen and oxygen atoms in total. The van der Waals surface area contributed by atoms with Gasteiger partial charge >= 0.3 is 0 Å². The third kappa shape index (κ3) is 0.970. The second-order valence-electron chi connectivity index (χ2n) is 3.48. The highest BCUT2D eigenvalue weighted by molar-refractivity contribution is 5.73. The number of hydrogen-bond acceptors (Lipinski definition) is 1. The van der Waals surface area contributed by atoms with Crippen molar-refractivity contribution < 1.29 is 4.39 Å². The summed E-state index contributed by atoms with van der Waals surface area (Å²) in [5.74, 6) is -0.402. The molecule has 0 radical (unpaired) electrons. The van der Waals surface area contributed by atoms with Crippen LogP contribution in [0.3, 0.4) is 0 Å². The molecule has 1 heterocycles. The van der Waals surface area contributed by atoms with Crippen molar-refractivity contribution in [2.75, 3.05) is 0 Å². The predicted octanol–water partition coefficient (Wildman–Crippen LogP) is 2.79. The van der Waals surface area contributed by atoms with Gasteiger partial charge in [0.1, 0.15) is 0 Å². The summed E-state index contributed by atoms with van der Waals surface area (Å²) < 4.78 is 12.9. The number of fused-ring (bicyclic) bond motifs is 3. The quantitative estimate of drug-likeness (QED) is 0.491. The molecule has 1 aliphatic carbocycles. The third-order valence-corrected chi connectivity index (χ3v) is 2.60. The van der Waals surface area contributed by atoms with E-state index in [0.717, 1.165) is 23.2 Å². The van der Waals surface area contributed by atoms with Crippen LogP contribution in [-0.4, -0.2) is 4.98 Å². The predicted molar refractivity (Wildman–Crippen MR) is 52.4 cm³/mol. The van der Waals surface area contributed by atoms with Gasteiger partial charge in [0.2, 0.25) is 5.95 Å². The fourth-order valence-electron chi connectivity index (χ4n) is 1.95. The van der Waals surface area contributed by atoms with Crippen LogP contribution in [0.4, 0.5) is 4.39 Å². The molecule has 0 saturated heterocycles. The maximum absolute atomic E-state index is 12.9. The Morgan fingerprint density at radius 3 is 2.79 bits per heavy atom. The van der Waals surface area contributed by atoms with Gasteiger partial charge in [0, 0.05) is 12.0 Å². The lowest BCUT2D eigenvalue weighted by Crippen LogP contribution is -1.87. The number of aromatic nitrogens is 1. The van der Waals surface area contributed by atoms with E-state index in [1.165, 1.54) is 11.6 Å². The molecular weight excluding hydrogens is 177 g/mol. The molecule has 1 aromatic heterocycles. The Hall–Kier alpha value is -1.70. The molecular formula is C12H8FN. The van der Waals surface area contributed by atoms with Crippen LogP contribution in [0.5, 0.6) is 0 Å². The molecule has 0 spiro atoms. The molecule has 1 aliphatic rings. The van der Waals surface area contributed by atoms with E-state index < -0.39 is 5.95 Å². The summed E-state index contributed by atoms with van der Waals surface area (Å²) in [7, 11) is 0. The zero-order valence-corrected chi connectivity index (χ0v) is 7.50. The maximum Gasteiger partial charge on any atom is 0.213 e. The van der Waals surface area contributed by atoms with Gasteiger partial charge in [-0.1, -0.05) is 30.3 Å². The zero-order valence-electron chi connectivity index (χ0n) is 7.50. The Bertz CT molecular complexity index is 505. The molecule has 68 valence electrons. The number of rotatable bonds is 0. The zero-order chi connectivity index (χ0) is 9.54. The van der Waals surface area contributed by atoms with E-state index in [9.17, 15) is 4.39 Å². The topological polar surface area (TPSA) is 12.9 Å². The summed E-state index contributed by atoms with van der Waals surface area (Å²) >= 11 is 0. The van der Waals surface area contributed by atoms with Crippen LogP contribution in [0.25, 0.3) is 11.3 Å². The summed E-state index contributed by atoms with van der Waals surface area (Å²) in [5.41, 5.74) is 4.23. The summed E-state index contributed by atoms with van der Waals surface area (Å²) in [4.78, 5) is 3.93. The summed E-state index contributed by atoms with van der Waals surface area (Å²) in [6, 6.07) is 11.3. The first-order valence-corrected chi connectivity index (χ1v) is 4.58. The van der Waals surface area contributed by atoms with Crippen molar-refractivity contribution in [3.8, 4) is 11.3 Å². The average Bonchev–Trinajstić information content (AvgIpc) is 2.56. The average molecular weight is 185 g/mol. The first-order chi connectivity index (χ1) is 6.84. The Balaban J connectivity index is 2.30. The van der Waals surface area contributed by atoms with Crippen LogP contribution in [0, 0.1) is 5.95 Å². The first-order valence-electron chi connectivity index (χ1n) is 4.58. The van der Waals surface area contributed by atoms with Gasteiger partial charge in [0.15, 0.2) is 0 Å². The minimum Gasteiger partial charge on any atom is -0.219 e. The molecule has 0 atom stereocenters. The lowest BCUT2D eigenvalue weighted by Gasteiger charge is -1.98. The van der Waals surface area contributed by atoms with Crippen LogP contribution in [0.1, 0.15) is 11.1 Å². The van der Waals surface area contributed by atoms with Crippen LogP contribution in [-0.2, 0) is 6.42 Å². The molecule has 1 aromatic carbocycles. The van der Waals surface area contributed by atoms with Crippen molar-refractivity contribution in [2.24, 2.45) is 0 Å². The molecule has 0 aliphatic heterocycles. The van der Waals surface area contributed by atoms with Crippen molar-refractivity contribution in [2.45, 2.75) is 6.42 Å². The first kappa shape index (κ1) is 7.68. The highest BCUT2D eigenvalue weighted by Gasteiger charge is 2.19. The molecule has 0 saturated carbocycles. The third-order valence-electron chi connectivity index (χ3n) is 2.60. The highest BCUT2D eigenvalue weighted by atomic mass is 19.1. The van der Waals surface area contributed by atoms with Crippen LogP contribution in [0.15, 0.2) is 36.4 Å². The van der Waals surface area contributed by atoms with Gasteiger partial charge in [0.05, 0.1) is 5.69 Å². The van der Waals surface area contributed by atoms with Crippen molar-refractivity contribution in [3.63, 3.8) is 0 Å². The summed E-state index contributed by atoms with van der Waals surface area (Å²) in [6.07, 6.45) is 0.874. The number of pyridine rings is 1. The van der Waals surface area contributed by atoms with Gasteiger partial charge in [-0.05, 0) is 17.2 Å². The summed E-state index contributed by atoms with van der Waals surface area (Å²) in [5, 5.41) is 0. The number of hydrogen-bond donors (Lipinski definition) is 0. The normalized spacial score (nSPS) is 12.4. The van der Waals surface area contributed by atoms with Gasteiger partial charge in [-0.3, -0.25) is 0 Å². The fourth-order valence-corrected chi connectivity index (χ4v) is 1.95. The Labute approximate surface area is 81.2 Å². The van der Waals surface area contributed by atoms with Gasteiger partial charge in [-0.2, -0.15) is 4.39 Å². The molecule has 0 unspecified atom stereocenters. The lowest BCUT2D eigenvalue weighted by molar-refractivity contribution is 0.585. The molecule has 0 fully saturated rings. The van der Waals surface area contributed by atoms with E-state index in [4.69, 9.17) is 0 Å². The largest absolute Gasteiger partial charge is 0.219 e. The van der Waals surface area contributed by atoms with E-state index in [1.54, 1.807) is 0 Å². The molecule has 14 heavy (non-hydrogen) atoms. The SMILES string of the molecule is Fc1ccc2c(n1)-c1ccccc1C2. The van der Waals surface area contributed by atoms with Crippen LogP contribution < -0.4 is 0 Å². The highest BCUT2D eigenvalue weighted by Crippen LogP contribution is 2.34. The van der Waals surface area contributed by atoms with Gasteiger partial charge < -0.3 is 0 Å².